The first-order valence-electron chi connectivity index (χ1n) is 11.6. The Balaban J connectivity index is 1.61. The molecule has 0 bridgehead atoms. The molecule has 5 nitrogen and oxygen atoms in total. The summed E-state index contributed by atoms with van der Waals surface area (Å²) in [5, 5.41) is 4.27. The molecule has 1 saturated heterocycles. The third kappa shape index (κ3) is 4.05. The molecule has 0 amide bonds. The van der Waals surface area contributed by atoms with Crippen molar-refractivity contribution < 1.29 is 0 Å². The van der Waals surface area contributed by atoms with Gasteiger partial charge in [0.15, 0.2) is 5.11 Å². The number of benzene rings is 2. The van der Waals surface area contributed by atoms with Crippen LogP contribution in [0.1, 0.15) is 36.0 Å². The molecule has 2 aromatic heterocycles. The SMILES string of the molecule is CCc1ccc(N2C(=S)NC(c3ccccn3)C2c2cccn2-c2ccc(N(C)C)cc2)cc1. The van der Waals surface area contributed by atoms with Crippen molar-refractivity contribution in [2.75, 3.05) is 23.9 Å². The topological polar surface area (TPSA) is 36.3 Å². The Labute approximate surface area is 206 Å². The lowest BCUT2D eigenvalue weighted by Gasteiger charge is -2.29. The zero-order chi connectivity index (χ0) is 23.7. The molecule has 1 fully saturated rings. The van der Waals surface area contributed by atoms with Gasteiger partial charge in [0, 0.05) is 49.2 Å². The van der Waals surface area contributed by atoms with Gasteiger partial charge < -0.3 is 19.7 Å². The third-order valence-electron chi connectivity index (χ3n) is 6.45. The highest BCUT2D eigenvalue weighted by Gasteiger charge is 2.42. The molecule has 172 valence electrons. The fraction of sp³-hybridized carbons (Fsp3) is 0.214. The molecule has 5 rings (SSSR count). The van der Waals surface area contributed by atoms with Crippen LogP contribution in [0.2, 0.25) is 0 Å². The van der Waals surface area contributed by atoms with E-state index < -0.39 is 0 Å². The van der Waals surface area contributed by atoms with Gasteiger partial charge in [0.2, 0.25) is 0 Å². The second-order valence-corrected chi connectivity index (χ2v) is 9.12. The van der Waals surface area contributed by atoms with Crippen LogP contribution in [-0.2, 0) is 6.42 Å². The maximum Gasteiger partial charge on any atom is 0.174 e. The third-order valence-corrected chi connectivity index (χ3v) is 6.76. The first-order valence-corrected chi connectivity index (χ1v) is 12.0. The van der Waals surface area contributed by atoms with Gasteiger partial charge in [-0.3, -0.25) is 4.98 Å². The zero-order valence-electron chi connectivity index (χ0n) is 19.7. The first kappa shape index (κ1) is 22.2. The summed E-state index contributed by atoms with van der Waals surface area (Å²) in [5.74, 6) is 0. The van der Waals surface area contributed by atoms with Crippen LogP contribution in [0.5, 0.6) is 0 Å². The molecular weight excluding hydrogens is 438 g/mol. The van der Waals surface area contributed by atoms with Crippen molar-refractivity contribution in [2.24, 2.45) is 0 Å². The normalized spacial score (nSPS) is 17.6. The summed E-state index contributed by atoms with van der Waals surface area (Å²) in [7, 11) is 4.11. The predicted molar refractivity (Wildman–Crippen MR) is 144 cm³/mol. The van der Waals surface area contributed by atoms with E-state index in [0.717, 1.165) is 29.2 Å². The maximum absolute atomic E-state index is 5.89. The molecule has 34 heavy (non-hydrogen) atoms. The van der Waals surface area contributed by atoms with Gasteiger partial charge in [0.05, 0.1) is 11.7 Å². The highest BCUT2D eigenvalue weighted by atomic mass is 32.1. The zero-order valence-corrected chi connectivity index (χ0v) is 20.5. The molecule has 3 heterocycles. The number of hydrogen-bond donors (Lipinski definition) is 1. The van der Waals surface area contributed by atoms with Crippen LogP contribution >= 0.6 is 12.2 Å². The number of nitrogens with zero attached hydrogens (tertiary/aromatic N) is 4. The number of hydrogen-bond acceptors (Lipinski definition) is 3. The Kier molecular flexibility index (Phi) is 6.07. The first-order chi connectivity index (χ1) is 16.6. The molecule has 1 N–H and O–H groups in total. The number of nitrogens with one attached hydrogen (secondary N) is 1. The predicted octanol–water partition coefficient (Wildman–Crippen LogP) is 5.68. The van der Waals surface area contributed by atoms with E-state index in [-0.39, 0.29) is 12.1 Å². The van der Waals surface area contributed by atoms with Crippen LogP contribution in [0.4, 0.5) is 11.4 Å². The average molecular weight is 468 g/mol. The number of rotatable bonds is 6. The van der Waals surface area contributed by atoms with Gasteiger partial charge in [-0.05, 0) is 84.9 Å². The smallest absolute Gasteiger partial charge is 0.174 e. The molecule has 0 spiro atoms. The minimum absolute atomic E-state index is 0.0570. The minimum atomic E-state index is -0.0748. The van der Waals surface area contributed by atoms with Crippen LogP contribution in [0.15, 0.2) is 91.3 Å². The van der Waals surface area contributed by atoms with Crippen LogP contribution < -0.4 is 15.1 Å². The minimum Gasteiger partial charge on any atom is -0.378 e. The number of aryl methyl sites for hydroxylation is 1. The van der Waals surface area contributed by atoms with E-state index in [1.54, 1.807) is 0 Å². The Bertz CT molecular complexity index is 1260. The van der Waals surface area contributed by atoms with Crippen molar-refractivity contribution in [1.29, 1.82) is 0 Å². The summed E-state index contributed by atoms with van der Waals surface area (Å²) >= 11 is 5.89. The van der Waals surface area contributed by atoms with Crippen LogP contribution in [0, 0.1) is 0 Å². The Hall–Kier alpha value is -3.64. The van der Waals surface area contributed by atoms with Gasteiger partial charge in [-0.15, -0.1) is 0 Å². The summed E-state index contributed by atoms with van der Waals surface area (Å²) in [6.07, 6.45) is 4.97. The van der Waals surface area contributed by atoms with Gasteiger partial charge in [-0.1, -0.05) is 25.1 Å². The van der Waals surface area contributed by atoms with E-state index >= 15 is 0 Å². The summed E-state index contributed by atoms with van der Waals surface area (Å²) in [6.45, 7) is 2.17. The van der Waals surface area contributed by atoms with Crippen LogP contribution in [0.25, 0.3) is 5.69 Å². The van der Waals surface area contributed by atoms with Gasteiger partial charge in [-0.25, -0.2) is 0 Å². The van der Waals surface area contributed by atoms with Crippen LogP contribution in [-0.4, -0.2) is 28.8 Å². The van der Waals surface area contributed by atoms with Gasteiger partial charge in [-0.2, -0.15) is 0 Å². The standard InChI is InChI=1S/C28H29N5S/c1-4-20-10-12-23(13-11-20)33-27(26(30-28(33)34)24-8-5-6-18-29-24)25-9-7-19-32(25)22-16-14-21(15-17-22)31(2)3/h5-19,26-27H,4H2,1-3H3,(H,30,34). The molecule has 4 aromatic rings. The Morgan fingerprint density at radius 2 is 1.65 bits per heavy atom. The van der Waals surface area contributed by atoms with Gasteiger partial charge >= 0.3 is 0 Å². The summed E-state index contributed by atoms with van der Waals surface area (Å²) in [4.78, 5) is 9.02. The van der Waals surface area contributed by atoms with E-state index in [0.29, 0.717) is 5.11 Å². The fourth-order valence-corrected chi connectivity index (χ4v) is 4.95. The fourth-order valence-electron chi connectivity index (χ4n) is 4.61. The van der Waals surface area contributed by atoms with Crippen molar-refractivity contribution in [3.8, 4) is 5.69 Å². The van der Waals surface area contributed by atoms with Crippen molar-refractivity contribution in [3.63, 3.8) is 0 Å². The molecule has 0 radical (unpaired) electrons. The number of anilines is 2. The van der Waals surface area contributed by atoms with Gasteiger partial charge in [0.1, 0.15) is 6.04 Å². The Morgan fingerprint density at radius 1 is 0.912 bits per heavy atom. The molecule has 0 saturated carbocycles. The summed E-state index contributed by atoms with van der Waals surface area (Å²) in [6, 6.07) is 27.5. The summed E-state index contributed by atoms with van der Waals surface area (Å²) < 4.78 is 2.25. The van der Waals surface area contributed by atoms with Crippen LogP contribution in [0.3, 0.4) is 0 Å². The lowest BCUT2D eigenvalue weighted by Crippen LogP contribution is -2.30. The molecule has 2 atom stereocenters. The molecule has 1 aliphatic rings. The van der Waals surface area contributed by atoms with Crippen molar-refractivity contribution in [1.82, 2.24) is 14.9 Å². The van der Waals surface area contributed by atoms with Gasteiger partial charge in [0.25, 0.3) is 0 Å². The molecule has 2 unspecified atom stereocenters. The lowest BCUT2D eigenvalue weighted by molar-refractivity contribution is 0.549. The van der Waals surface area contributed by atoms with E-state index in [2.05, 4.69) is 119 Å². The monoisotopic (exact) mass is 467 g/mol. The molecule has 1 aliphatic heterocycles. The van der Waals surface area contributed by atoms with Crippen molar-refractivity contribution >= 4 is 28.7 Å². The molecule has 2 aromatic carbocycles. The molecular formula is C28H29N5S. The van der Waals surface area contributed by atoms with Crippen molar-refractivity contribution in [3.05, 3.63) is 108 Å². The number of thiocarbonyl (C=S) groups is 1. The second kappa shape index (κ2) is 9.31. The average Bonchev–Trinajstić information content (AvgIpc) is 3.49. The molecule has 0 aliphatic carbocycles. The van der Waals surface area contributed by atoms with E-state index in [1.807, 2.05) is 18.3 Å². The quantitative estimate of drug-likeness (QED) is 0.369. The van der Waals surface area contributed by atoms with Crippen molar-refractivity contribution in [2.45, 2.75) is 25.4 Å². The highest BCUT2D eigenvalue weighted by molar-refractivity contribution is 7.80. The Morgan fingerprint density at radius 3 is 2.29 bits per heavy atom. The van der Waals surface area contributed by atoms with E-state index in [9.17, 15) is 0 Å². The van der Waals surface area contributed by atoms with E-state index in [4.69, 9.17) is 12.2 Å². The number of pyridine rings is 1. The second-order valence-electron chi connectivity index (χ2n) is 8.73. The lowest BCUT2D eigenvalue weighted by atomic mass is 10.0. The van der Waals surface area contributed by atoms with E-state index in [1.165, 1.54) is 11.3 Å². The summed E-state index contributed by atoms with van der Waals surface area (Å²) in [5.41, 5.74) is 6.80. The molecule has 6 heteroatoms. The maximum atomic E-state index is 5.89. The highest BCUT2D eigenvalue weighted by Crippen LogP contribution is 2.42. The largest absolute Gasteiger partial charge is 0.378 e. The number of aromatic nitrogens is 2.